The van der Waals surface area contributed by atoms with E-state index in [9.17, 15) is 4.79 Å². The van der Waals surface area contributed by atoms with Crippen molar-refractivity contribution in [2.75, 3.05) is 18.0 Å². The first-order chi connectivity index (χ1) is 11.5. The summed E-state index contributed by atoms with van der Waals surface area (Å²) in [4.78, 5) is 16.8. The summed E-state index contributed by atoms with van der Waals surface area (Å²) in [6.45, 7) is 6.24. The number of carbonyl (C=O) groups is 1. The quantitative estimate of drug-likeness (QED) is 0.799. The van der Waals surface area contributed by atoms with Crippen LogP contribution in [0.4, 0.5) is 5.69 Å². The summed E-state index contributed by atoms with van der Waals surface area (Å²) in [5.74, 6) is 0.0677. The highest BCUT2D eigenvalue weighted by molar-refractivity contribution is 6.36. The molecule has 1 heterocycles. The van der Waals surface area contributed by atoms with Crippen molar-refractivity contribution in [1.29, 1.82) is 0 Å². The van der Waals surface area contributed by atoms with Crippen LogP contribution in [0.1, 0.15) is 18.1 Å². The Kier molecular flexibility index (Phi) is 5.14. The van der Waals surface area contributed by atoms with E-state index < -0.39 is 0 Å². The maximum Gasteiger partial charge on any atom is 0.244 e. The van der Waals surface area contributed by atoms with Crippen LogP contribution in [-0.4, -0.2) is 29.9 Å². The van der Waals surface area contributed by atoms with Crippen LogP contribution in [0.25, 0.3) is 0 Å². The Hall–Kier alpha value is -1.55. The molecule has 3 nitrogen and oxygen atoms in total. The molecule has 3 rings (SSSR count). The maximum atomic E-state index is 12.8. The van der Waals surface area contributed by atoms with E-state index in [4.69, 9.17) is 23.2 Å². The Bertz CT molecular complexity index is 763. The standard InChI is InChI=1S/C19H20Cl2N2O/c1-13-4-3-5-15(10-13)12-22-8-9-23(19(24)14(22)2)18-7-6-16(20)11-17(18)21/h3-7,10-11,14H,8-9,12H2,1-2H3. The molecule has 1 aliphatic heterocycles. The third-order valence-electron chi connectivity index (χ3n) is 4.45. The van der Waals surface area contributed by atoms with Gasteiger partial charge in [0.2, 0.25) is 5.91 Å². The van der Waals surface area contributed by atoms with Gasteiger partial charge in [-0.15, -0.1) is 0 Å². The lowest BCUT2D eigenvalue weighted by molar-refractivity contribution is -0.125. The average molecular weight is 363 g/mol. The zero-order valence-corrected chi connectivity index (χ0v) is 15.3. The molecule has 0 spiro atoms. The number of rotatable bonds is 3. The Morgan fingerprint density at radius 1 is 1.12 bits per heavy atom. The van der Waals surface area contributed by atoms with Crippen LogP contribution in [0.3, 0.4) is 0 Å². The van der Waals surface area contributed by atoms with E-state index in [0.29, 0.717) is 16.6 Å². The number of benzene rings is 2. The van der Waals surface area contributed by atoms with Crippen molar-refractivity contribution in [3.05, 3.63) is 63.6 Å². The van der Waals surface area contributed by atoms with Gasteiger partial charge in [0.1, 0.15) is 0 Å². The van der Waals surface area contributed by atoms with Gasteiger partial charge >= 0.3 is 0 Å². The van der Waals surface area contributed by atoms with Gasteiger partial charge in [-0.2, -0.15) is 0 Å². The lowest BCUT2D eigenvalue weighted by atomic mass is 10.1. The summed E-state index contributed by atoms with van der Waals surface area (Å²) < 4.78 is 0. The zero-order chi connectivity index (χ0) is 17.3. The Labute approximate surface area is 152 Å². The molecule has 24 heavy (non-hydrogen) atoms. The second kappa shape index (κ2) is 7.14. The first-order valence-electron chi connectivity index (χ1n) is 8.02. The Balaban J connectivity index is 1.76. The van der Waals surface area contributed by atoms with Crippen molar-refractivity contribution < 1.29 is 4.79 Å². The van der Waals surface area contributed by atoms with Crippen LogP contribution in [0, 0.1) is 6.92 Å². The van der Waals surface area contributed by atoms with Gasteiger partial charge < -0.3 is 4.90 Å². The fraction of sp³-hybridized carbons (Fsp3) is 0.316. The van der Waals surface area contributed by atoms with Gasteiger partial charge in [0.15, 0.2) is 0 Å². The molecule has 0 radical (unpaired) electrons. The molecule has 1 saturated heterocycles. The summed E-state index contributed by atoms with van der Waals surface area (Å²) in [7, 11) is 0. The topological polar surface area (TPSA) is 23.6 Å². The predicted molar refractivity (Wildman–Crippen MR) is 99.9 cm³/mol. The van der Waals surface area contributed by atoms with Crippen molar-refractivity contribution in [1.82, 2.24) is 4.90 Å². The molecular formula is C19H20Cl2N2O. The minimum atomic E-state index is -0.189. The highest BCUT2D eigenvalue weighted by atomic mass is 35.5. The van der Waals surface area contributed by atoms with Crippen LogP contribution < -0.4 is 4.90 Å². The van der Waals surface area contributed by atoms with Gasteiger partial charge in [0.25, 0.3) is 0 Å². The molecule has 2 aromatic rings. The number of aryl methyl sites for hydroxylation is 1. The smallest absolute Gasteiger partial charge is 0.244 e. The van der Waals surface area contributed by atoms with Gasteiger partial charge in [-0.25, -0.2) is 0 Å². The molecule has 0 aromatic heterocycles. The van der Waals surface area contributed by atoms with Crippen LogP contribution in [0.2, 0.25) is 10.0 Å². The molecule has 1 aliphatic rings. The number of halogens is 2. The van der Waals surface area contributed by atoms with E-state index in [2.05, 4.69) is 36.1 Å². The first kappa shape index (κ1) is 17.3. The van der Waals surface area contributed by atoms with E-state index in [1.807, 2.05) is 13.0 Å². The van der Waals surface area contributed by atoms with Crippen LogP contribution in [0.5, 0.6) is 0 Å². The van der Waals surface area contributed by atoms with Crippen molar-refractivity contribution in [2.24, 2.45) is 0 Å². The number of nitrogens with zero attached hydrogens (tertiary/aromatic N) is 2. The van der Waals surface area contributed by atoms with Gasteiger partial charge in [-0.3, -0.25) is 9.69 Å². The molecule has 1 amide bonds. The van der Waals surface area contributed by atoms with E-state index in [1.165, 1.54) is 11.1 Å². The van der Waals surface area contributed by atoms with Gasteiger partial charge in [-0.05, 0) is 37.6 Å². The molecule has 1 unspecified atom stereocenters. The number of amides is 1. The van der Waals surface area contributed by atoms with E-state index in [-0.39, 0.29) is 11.9 Å². The second-order valence-corrected chi connectivity index (χ2v) is 7.06. The number of hydrogen-bond donors (Lipinski definition) is 0. The zero-order valence-electron chi connectivity index (χ0n) is 13.8. The predicted octanol–water partition coefficient (Wildman–Crippen LogP) is 4.54. The highest BCUT2D eigenvalue weighted by Crippen LogP contribution is 2.31. The summed E-state index contributed by atoms with van der Waals surface area (Å²) in [6, 6.07) is 13.5. The minimum absolute atomic E-state index is 0.0677. The number of anilines is 1. The molecule has 0 aliphatic carbocycles. The van der Waals surface area contributed by atoms with E-state index in [0.717, 1.165) is 18.8 Å². The molecule has 5 heteroatoms. The number of piperazine rings is 1. The molecule has 1 atom stereocenters. The SMILES string of the molecule is Cc1cccc(CN2CCN(c3ccc(Cl)cc3Cl)C(=O)C2C)c1. The highest BCUT2D eigenvalue weighted by Gasteiger charge is 2.33. The summed E-state index contributed by atoms with van der Waals surface area (Å²) in [5, 5.41) is 1.08. The Morgan fingerprint density at radius 3 is 2.62 bits per heavy atom. The van der Waals surface area contributed by atoms with Crippen LogP contribution in [0.15, 0.2) is 42.5 Å². The molecule has 0 bridgehead atoms. The van der Waals surface area contributed by atoms with Crippen LogP contribution in [-0.2, 0) is 11.3 Å². The van der Waals surface area contributed by atoms with Crippen LogP contribution >= 0.6 is 23.2 Å². The lowest BCUT2D eigenvalue weighted by Crippen LogP contribution is -2.55. The van der Waals surface area contributed by atoms with Crippen molar-refractivity contribution >= 4 is 34.8 Å². The van der Waals surface area contributed by atoms with E-state index >= 15 is 0 Å². The van der Waals surface area contributed by atoms with Crippen molar-refractivity contribution in [3.63, 3.8) is 0 Å². The molecule has 1 fully saturated rings. The Morgan fingerprint density at radius 2 is 1.92 bits per heavy atom. The fourth-order valence-corrected chi connectivity index (χ4v) is 3.62. The largest absolute Gasteiger partial charge is 0.308 e. The first-order valence-corrected chi connectivity index (χ1v) is 8.77. The molecule has 2 aromatic carbocycles. The minimum Gasteiger partial charge on any atom is -0.308 e. The van der Waals surface area contributed by atoms with Crippen molar-refractivity contribution in [3.8, 4) is 0 Å². The second-order valence-electron chi connectivity index (χ2n) is 6.22. The summed E-state index contributed by atoms with van der Waals surface area (Å²) in [5.41, 5.74) is 3.19. The molecule has 126 valence electrons. The number of hydrogen-bond acceptors (Lipinski definition) is 2. The summed E-state index contributed by atoms with van der Waals surface area (Å²) in [6.07, 6.45) is 0. The number of carbonyl (C=O) groups excluding carboxylic acids is 1. The fourth-order valence-electron chi connectivity index (χ4n) is 3.11. The summed E-state index contributed by atoms with van der Waals surface area (Å²) >= 11 is 12.2. The molecule has 0 N–H and O–H groups in total. The average Bonchev–Trinajstić information content (AvgIpc) is 2.53. The normalized spacial score (nSPS) is 18.9. The van der Waals surface area contributed by atoms with E-state index in [1.54, 1.807) is 17.0 Å². The maximum absolute atomic E-state index is 12.8. The third kappa shape index (κ3) is 3.59. The third-order valence-corrected chi connectivity index (χ3v) is 4.99. The molecular weight excluding hydrogens is 343 g/mol. The molecule has 0 saturated carbocycles. The monoisotopic (exact) mass is 362 g/mol. The van der Waals surface area contributed by atoms with Gasteiger partial charge in [-0.1, -0.05) is 53.0 Å². The van der Waals surface area contributed by atoms with Gasteiger partial charge in [0.05, 0.1) is 16.8 Å². The lowest BCUT2D eigenvalue weighted by Gasteiger charge is -2.39. The van der Waals surface area contributed by atoms with Gasteiger partial charge in [0, 0.05) is 24.7 Å². The van der Waals surface area contributed by atoms with Crippen molar-refractivity contribution in [2.45, 2.75) is 26.4 Å².